The van der Waals surface area contributed by atoms with Gasteiger partial charge in [-0.3, -0.25) is 9.59 Å². The molecule has 4 saturated carbocycles. The summed E-state index contributed by atoms with van der Waals surface area (Å²) in [6.07, 6.45) is 8.29. The molecule has 4 bridgehead atoms. The zero-order valence-electron chi connectivity index (χ0n) is 15.6. The van der Waals surface area contributed by atoms with E-state index in [0.717, 1.165) is 17.8 Å². The Hall–Kier alpha value is -1.92. The summed E-state index contributed by atoms with van der Waals surface area (Å²) in [6, 6.07) is -0.372. The average Bonchev–Trinajstić information content (AvgIpc) is 2.98. The van der Waals surface area contributed by atoms with Gasteiger partial charge in [-0.05, 0) is 75.5 Å². The molecule has 2 N–H and O–H groups in total. The Bertz CT molecular complexity index is 663. The number of aromatic nitrogens is 2. The van der Waals surface area contributed by atoms with E-state index in [1.807, 2.05) is 0 Å². The third-order valence-electron chi connectivity index (χ3n) is 6.44. The predicted octanol–water partition coefficient (Wildman–Crippen LogP) is 2.28. The molecule has 0 saturated heterocycles. The lowest BCUT2D eigenvalue weighted by molar-refractivity contribution is -0.132. The number of amides is 2. The van der Waals surface area contributed by atoms with E-state index in [9.17, 15) is 9.59 Å². The second-order valence-electron chi connectivity index (χ2n) is 8.84. The number of carbonyl (C=O) groups excluding carboxylic acids is 2. The van der Waals surface area contributed by atoms with E-state index in [4.69, 9.17) is 4.52 Å². The first-order valence-electron chi connectivity index (χ1n) is 9.77. The van der Waals surface area contributed by atoms with Crippen molar-refractivity contribution in [2.45, 2.75) is 64.8 Å². The van der Waals surface area contributed by atoms with Gasteiger partial charge in [0.2, 0.25) is 17.7 Å². The Labute approximate surface area is 153 Å². The molecule has 0 radical (unpaired) electrons. The van der Waals surface area contributed by atoms with E-state index in [2.05, 4.69) is 20.8 Å². The molecule has 1 aromatic rings. The summed E-state index contributed by atoms with van der Waals surface area (Å²) >= 11 is 0. The molecule has 1 unspecified atom stereocenters. The van der Waals surface area contributed by atoms with Crippen LogP contribution in [0.1, 0.15) is 69.6 Å². The highest BCUT2D eigenvalue weighted by Gasteiger charge is 2.51. The molecular formula is C19H28N4O3. The molecule has 4 aliphatic rings. The van der Waals surface area contributed by atoms with E-state index >= 15 is 0 Å². The van der Waals surface area contributed by atoms with Crippen LogP contribution in [0.25, 0.3) is 0 Å². The number of aryl methyl sites for hydroxylation is 1. The van der Waals surface area contributed by atoms with Crippen molar-refractivity contribution in [1.82, 2.24) is 20.8 Å². The fourth-order valence-corrected chi connectivity index (χ4v) is 5.93. The largest absolute Gasteiger partial charge is 0.347 e. The molecule has 4 aliphatic carbocycles. The standard InChI is InChI=1S/C19H28N4O3/c1-11(18-22-12(2)23-26-18)21-17(25)10-20-16(24)9-19-6-13-3-14(7-19)5-15(4-13)8-19/h11,13-15H,3-10H2,1-2H3,(H,20,24)(H,21,25). The zero-order chi connectivity index (χ0) is 18.3. The smallest absolute Gasteiger partial charge is 0.248 e. The van der Waals surface area contributed by atoms with Gasteiger partial charge in [0.05, 0.1) is 6.54 Å². The van der Waals surface area contributed by atoms with Crippen LogP contribution >= 0.6 is 0 Å². The summed E-state index contributed by atoms with van der Waals surface area (Å²) in [5.74, 6) is 3.15. The Morgan fingerprint density at radius 1 is 1.15 bits per heavy atom. The number of hydrogen-bond donors (Lipinski definition) is 2. The average molecular weight is 360 g/mol. The van der Waals surface area contributed by atoms with E-state index in [0.29, 0.717) is 18.1 Å². The summed E-state index contributed by atoms with van der Waals surface area (Å²) in [7, 11) is 0. The zero-order valence-corrected chi connectivity index (χ0v) is 15.6. The van der Waals surface area contributed by atoms with E-state index < -0.39 is 0 Å². The molecule has 7 nitrogen and oxygen atoms in total. The lowest BCUT2D eigenvalue weighted by atomic mass is 9.49. The van der Waals surface area contributed by atoms with Crippen LogP contribution in [-0.4, -0.2) is 28.5 Å². The van der Waals surface area contributed by atoms with Gasteiger partial charge < -0.3 is 15.2 Å². The second kappa shape index (κ2) is 6.67. The molecule has 4 fully saturated rings. The maximum atomic E-state index is 12.5. The quantitative estimate of drug-likeness (QED) is 0.811. The van der Waals surface area contributed by atoms with Crippen molar-refractivity contribution in [3.63, 3.8) is 0 Å². The van der Waals surface area contributed by atoms with Crippen molar-refractivity contribution in [2.75, 3.05) is 6.54 Å². The highest BCUT2D eigenvalue weighted by Crippen LogP contribution is 2.61. The SMILES string of the molecule is Cc1noc(C(C)NC(=O)CNC(=O)CC23CC4CC(CC(C4)C2)C3)n1. The first kappa shape index (κ1) is 17.5. The predicted molar refractivity (Wildman–Crippen MR) is 93.8 cm³/mol. The van der Waals surface area contributed by atoms with Gasteiger partial charge in [-0.15, -0.1) is 0 Å². The summed E-state index contributed by atoms with van der Waals surface area (Å²) in [5.41, 5.74) is 0.198. The van der Waals surface area contributed by atoms with Crippen LogP contribution in [0.5, 0.6) is 0 Å². The highest BCUT2D eigenvalue weighted by atomic mass is 16.5. The number of rotatable bonds is 6. The summed E-state index contributed by atoms with van der Waals surface area (Å²) < 4.78 is 5.05. The number of nitrogens with zero attached hydrogens (tertiary/aromatic N) is 2. The van der Waals surface area contributed by atoms with Gasteiger partial charge in [0.15, 0.2) is 5.82 Å². The van der Waals surface area contributed by atoms with Crippen molar-refractivity contribution >= 4 is 11.8 Å². The summed E-state index contributed by atoms with van der Waals surface area (Å²) in [6.45, 7) is 3.50. The summed E-state index contributed by atoms with van der Waals surface area (Å²) in [5, 5.41) is 9.29. The van der Waals surface area contributed by atoms with Gasteiger partial charge >= 0.3 is 0 Å². The minimum atomic E-state index is -0.372. The maximum Gasteiger partial charge on any atom is 0.248 e. The number of hydrogen-bond acceptors (Lipinski definition) is 5. The van der Waals surface area contributed by atoms with Gasteiger partial charge in [-0.2, -0.15) is 4.98 Å². The second-order valence-corrected chi connectivity index (χ2v) is 8.84. The molecule has 5 rings (SSSR count). The number of carbonyl (C=O) groups is 2. The Kier molecular flexibility index (Phi) is 4.49. The van der Waals surface area contributed by atoms with Crippen LogP contribution in [0, 0.1) is 30.1 Å². The molecule has 26 heavy (non-hydrogen) atoms. The van der Waals surface area contributed by atoms with Crippen LogP contribution < -0.4 is 10.6 Å². The van der Waals surface area contributed by atoms with Crippen LogP contribution in [0.3, 0.4) is 0 Å². The van der Waals surface area contributed by atoms with Crippen molar-refractivity contribution in [3.05, 3.63) is 11.7 Å². The molecule has 1 atom stereocenters. The fourth-order valence-electron chi connectivity index (χ4n) is 5.93. The van der Waals surface area contributed by atoms with Gasteiger partial charge in [0.1, 0.15) is 6.04 Å². The maximum absolute atomic E-state index is 12.5. The minimum Gasteiger partial charge on any atom is -0.347 e. The van der Waals surface area contributed by atoms with E-state index in [1.165, 1.54) is 38.5 Å². The molecular weight excluding hydrogens is 332 g/mol. The lowest BCUT2D eigenvalue weighted by Crippen LogP contribution is -2.48. The van der Waals surface area contributed by atoms with Crippen LogP contribution in [0.4, 0.5) is 0 Å². The summed E-state index contributed by atoms with van der Waals surface area (Å²) in [4.78, 5) is 28.6. The van der Waals surface area contributed by atoms with Gasteiger partial charge in [0, 0.05) is 6.42 Å². The van der Waals surface area contributed by atoms with Gasteiger partial charge in [0.25, 0.3) is 0 Å². The molecule has 1 aromatic heterocycles. The van der Waals surface area contributed by atoms with Gasteiger partial charge in [-0.25, -0.2) is 0 Å². The number of nitrogens with one attached hydrogen (secondary N) is 2. The minimum absolute atomic E-state index is 0.00314. The van der Waals surface area contributed by atoms with E-state index in [1.54, 1.807) is 13.8 Å². The van der Waals surface area contributed by atoms with Crippen LogP contribution in [0.15, 0.2) is 4.52 Å². The Morgan fingerprint density at radius 2 is 1.77 bits per heavy atom. The lowest BCUT2D eigenvalue weighted by Gasteiger charge is -2.56. The molecule has 1 heterocycles. The third kappa shape index (κ3) is 3.62. The first-order chi connectivity index (χ1) is 12.4. The molecule has 7 heteroatoms. The molecule has 142 valence electrons. The molecule has 0 spiro atoms. The first-order valence-corrected chi connectivity index (χ1v) is 9.77. The van der Waals surface area contributed by atoms with Crippen LogP contribution in [-0.2, 0) is 9.59 Å². The molecule has 0 aromatic carbocycles. The van der Waals surface area contributed by atoms with Crippen molar-refractivity contribution in [2.24, 2.45) is 23.2 Å². The normalized spacial score (nSPS) is 33.1. The highest BCUT2D eigenvalue weighted by molar-refractivity contribution is 5.85. The van der Waals surface area contributed by atoms with E-state index in [-0.39, 0.29) is 29.8 Å². The molecule has 2 amide bonds. The Balaban J connectivity index is 1.24. The monoisotopic (exact) mass is 360 g/mol. The third-order valence-corrected chi connectivity index (χ3v) is 6.44. The topological polar surface area (TPSA) is 97.1 Å². The Morgan fingerprint density at radius 3 is 2.31 bits per heavy atom. The van der Waals surface area contributed by atoms with Crippen molar-refractivity contribution in [1.29, 1.82) is 0 Å². The van der Waals surface area contributed by atoms with Crippen molar-refractivity contribution < 1.29 is 14.1 Å². The van der Waals surface area contributed by atoms with Gasteiger partial charge in [-0.1, -0.05) is 5.16 Å². The van der Waals surface area contributed by atoms with Crippen LogP contribution in [0.2, 0.25) is 0 Å². The fraction of sp³-hybridized carbons (Fsp3) is 0.789. The molecule has 0 aliphatic heterocycles. The van der Waals surface area contributed by atoms with Crippen molar-refractivity contribution in [3.8, 4) is 0 Å².